The van der Waals surface area contributed by atoms with Crippen LogP contribution in [0.5, 0.6) is 5.75 Å². The number of benzene rings is 1. The Bertz CT molecular complexity index is 1290. The molecule has 1 N–H and O–H groups in total. The van der Waals surface area contributed by atoms with Gasteiger partial charge in [0.2, 0.25) is 5.91 Å². The number of nitrogens with one attached hydrogen (secondary N) is 1. The van der Waals surface area contributed by atoms with Gasteiger partial charge in [-0.2, -0.15) is 0 Å². The second-order valence-electron chi connectivity index (χ2n) is 7.66. The zero-order chi connectivity index (χ0) is 27.1. The molecule has 0 fully saturated rings. The first-order valence-electron chi connectivity index (χ1n) is 11.4. The Labute approximate surface area is 227 Å². The third-order valence-corrected chi connectivity index (χ3v) is 7.46. The molecule has 198 valence electrons. The van der Waals surface area contributed by atoms with Crippen molar-refractivity contribution in [3.63, 3.8) is 0 Å². The van der Waals surface area contributed by atoms with Crippen molar-refractivity contribution in [2.24, 2.45) is 7.05 Å². The van der Waals surface area contributed by atoms with Gasteiger partial charge in [-0.3, -0.25) is 4.79 Å². The molecule has 1 amide bonds. The number of ether oxygens (including phenoxy) is 3. The summed E-state index contributed by atoms with van der Waals surface area (Å²) in [5.41, 5.74) is 0.540. The van der Waals surface area contributed by atoms with Crippen LogP contribution < -0.4 is 10.1 Å². The van der Waals surface area contributed by atoms with Crippen LogP contribution in [0.3, 0.4) is 0 Å². The average Bonchev–Trinajstić information content (AvgIpc) is 3.37. The van der Waals surface area contributed by atoms with Crippen LogP contribution >= 0.6 is 34.7 Å². The molecular weight excluding hydrogens is 540 g/mol. The Morgan fingerprint density at radius 3 is 2.54 bits per heavy atom. The largest absolute Gasteiger partial charge is 0.483 e. The minimum Gasteiger partial charge on any atom is -0.483 e. The normalized spacial score (nSPS) is 11.6. The Hall–Kier alpha value is -3.09. The molecule has 2 aromatic heterocycles. The standard InChI is InChI=1S/C24H27ClN4O6S2/c1-6-33-22(31)18-13(3)19(23(32)34-7-2)37-21(18)26-17(30)12-36-24-28-27-20(29(24)5)14(4)35-16-10-8-9-15(25)11-16/h8-11,14H,6-7,12H2,1-5H3,(H,26,30). The highest BCUT2D eigenvalue weighted by Crippen LogP contribution is 2.34. The van der Waals surface area contributed by atoms with Crippen molar-refractivity contribution >= 4 is 57.5 Å². The highest BCUT2D eigenvalue weighted by molar-refractivity contribution is 7.99. The fourth-order valence-electron chi connectivity index (χ4n) is 3.34. The number of amides is 1. The van der Waals surface area contributed by atoms with Gasteiger partial charge in [0.25, 0.3) is 0 Å². The number of hydrogen-bond donors (Lipinski definition) is 1. The Morgan fingerprint density at radius 2 is 1.86 bits per heavy atom. The summed E-state index contributed by atoms with van der Waals surface area (Å²) in [7, 11) is 1.78. The first kappa shape index (κ1) is 28.5. The summed E-state index contributed by atoms with van der Waals surface area (Å²) in [6.45, 7) is 7.16. The summed E-state index contributed by atoms with van der Waals surface area (Å²) in [4.78, 5) is 37.9. The topological polar surface area (TPSA) is 122 Å². The maximum absolute atomic E-state index is 12.8. The van der Waals surface area contributed by atoms with E-state index < -0.39 is 18.0 Å². The van der Waals surface area contributed by atoms with Crippen molar-refractivity contribution in [3.8, 4) is 5.75 Å². The molecule has 3 aromatic rings. The molecule has 0 saturated carbocycles. The summed E-state index contributed by atoms with van der Waals surface area (Å²) in [6, 6.07) is 7.05. The van der Waals surface area contributed by atoms with Crippen LogP contribution in [0.4, 0.5) is 5.00 Å². The zero-order valence-electron chi connectivity index (χ0n) is 21.0. The van der Waals surface area contributed by atoms with Crippen LogP contribution in [0.25, 0.3) is 0 Å². The van der Waals surface area contributed by atoms with Crippen LogP contribution in [0.15, 0.2) is 29.4 Å². The number of carbonyl (C=O) groups is 3. The Balaban J connectivity index is 1.69. The van der Waals surface area contributed by atoms with E-state index in [1.165, 1.54) is 11.8 Å². The molecule has 0 aliphatic carbocycles. The van der Waals surface area contributed by atoms with Crippen molar-refractivity contribution in [1.29, 1.82) is 0 Å². The fourth-order valence-corrected chi connectivity index (χ4v) is 5.34. The Kier molecular flexibility index (Phi) is 9.95. The molecule has 1 unspecified atom stereocenters. The van der Waals surface area contributed by atoms with Crippen molar-refractivity contribution < 1.29 is 28.6 Å². The zero-order valence-corrected chi connectivity index (χ0v) is 23.4. The third-order valence-electron chi connectivity index (χ3n) is 5.01. The van der Waals surface area contributed by atoms with E-state index in [0.717, 1.165) is 11.3 Å². The maximum atomic E-state index is 12.8. The van der Waals surface area contributed by atoms with Gasteiger partial charge >= 0.3 is 11.9 Å². The summed E-state index contributed by atoms with van der Waals surface area (Å²) in [5, 5.41) is 12.4. The lowest BCUT2D eigenvalue weighted by molar-refractivity contribution is -0.113. The van der Waals surface area contributed by atoms with Crippen LogP contribution in [-0.4, -0.2) is 51.6 Å². The van der Waals surface area contributed by atoms with Crippen LogP contribution in [0.2, 0.25) is 5.02 Å². The van der Waals surface area contributed by atoms with Gasteiger partial charge in [-0.25, -0.2) is 9.59 Å². The molecule has 2 heterocycles. The number of nitrogens with zero attached hydrogens (tertiary/aromatic N) is 3. The SMILES string of the molecule is CCOC(=O)c1sc(NC(=O)CSc2nnc(C(C)Oc3cccc(Cl)c3)n2C)c(C(=O)OCC)c1C. The van der Waals surface area contributed by atoms with Gasteiger partial charge in [0, 0.05) is 12.1 Å². The van der Waals surface area contributed by atoms with Gasteiger partial charge in [0.05, 0.1) is 24.5 Å². The number of esters is 2. The highest BCUT2D eigenvalue weighted by atomic mass is 35.5. The smallest absolute Gasteiger partial charge is 0.348 e. The molecule has 37 heavy (non-hydrogen) atoms. The summed E-state index contributed by atoms with van der Waals surface area (Å²) >= 11 is 8.16. The minimum atomic E-state index is -0.624. The van der Waals surface area contributed by atoms with E-state index in [4.69, 9.17) is 25.8 Å². The third kappa shape index (κ3) is 7.02. The second kappa shape index (κ2) is 12.9. The number of anilines is 1. The van der Waals surface area contributed by atoms with E-state index in [2.05, 4.69) is 15.5 Å². The van der Waals surface area contributed by atoms with E-state index in [1.807, 2.05) is 6.92 Å². The van der Waals surface area contributed by atoms with Crippen LogP contribution in [0.1, 0.15) is 58.3 Å². The fraction of sp³-hybridized carbons (Fsp3) is 0.375. The van der Waals surface area contributed by atoms with Crippen molar-refractivity contribution in [1.82, 2.24) is 14.8 Å². The quantitative estimate of drug-likeness (QED) is 0.250. The number of halogens is 1. The molecule has 1 atom stereocenters. The maximum Gasteiger partial charge on any atom is 0.348 e. The second-order valence-corrected chi connectivity index (χ2v) is 10.1. The summed E-state index contributed by atoms with van der Waals surface area (Å²) < 4.78 is 17.8. The molecule has 0 radical (unpaired) electrons. The highest BCUT2D eigenvalue weighted by Gasteiger charge is 2.27. The minimum absolute atomic E-state index is 0.0105. The number of carbonyl (C=O) groups excluding carboxylic acids is 3. The molecule has 0 bridgehead atoms. The van der Waals surface area contributed by atoms with Gasteiger partial charge in [-0.05, 0) is 51.5 Å². The lowest BCUT2D eigenvalue weighted by Crippen LogP contribution is -2.17. The summed E-state index contributed by atoms with van der Waals surface area (Å²) in [5.74, 6) is -0.418. The van der Waals surface area contributed by atoms with Gasteiger partial charge in [0.15, 0.2) is 17.1 Å². The lowest BCUT2D eigenvalue weighted by Gasteiger charge is -2.14. The number of thiophene rings is 1. The molecule has 0 aliphatic heterocycles. The molecule has 1 aromatic carbocycles. The number of thioether (sulfide) groups is 1. The molecule has 13 heteroatoms. The lowest BCUT2D eigenvalue weighted by atomic mass is 10.1. The van der Waals surface area contributed by atoms with E-state index >= 15 is 0 Å². The molecule has 0 saturated heterocycles. The predicted molar refractivity (Wildman–Crippen MR) is 142 cm³/mol. The number of rotatable bonds is 11. The van der Waals surface area contributed by atoms with Gasteiger partial charge in [-0.15, -0.1) is 21.5 Å². The van der Waals surface area contributed by atoms with E-state index in [-0.39, 0.29) is 40.3 Å². The van der Waals surface area contributed by atoms with Gasteiger partial charge in [0.1, 0.15) is 15.6 Å². The van der Waals surface area contributed by atoms with Crippen LogP contribution in [0, 0.1) is 6.92 Å². The average molecular weight is 567 g/mol. The van der Waals surface area contributed by atoms with Crippen molar-refractivity contribution in [3.05, 3.63) is 51.1 Å². The number of aromatic nitrogens is 3. The monoisotopic (exact) mass is 566 g/mol. The summed E-state index contributed by atoms with van der Waals surface area (Å²) in [6.07, 6.45) is -0.415. The molecule has 0 spiro atoms. The Morgan fingerprint density at radius 1 is 1.16 bits per heavy atom. The van der Waals surface area contributed by atoms with Gasteiger partial charge in [-0.1, -0.05) is 29.4 Å². The van der Waals surface area contributed by atoms with E-state index in [9.17, 15) is 14.4 Å². The van der Waals surface area contributed by atoms with E-state index in [1.54, 1.807) is 56.7 Å². The van der Waals surface area contributed by atoms with Crippen LogP contribution in [-0.2, 0) is 21.3 Å². The molecule has 0 aliphatic rings. The molecular formula is C24H27ClN4O6S2. The first-order valence-corrected chi connectivity index (χ1v) is 13.6. The van der Waals surface area contributed by atoms with Gasteiger partial charge < -0.3 is 24.1 Å². The number of hydrogen-bond acceptors (Lipinski definition) is 10. The molecule has 3 rings (SSSR count). The van der Waals surface area contributed by atoms with E-state index in [0.29, 0.717) is 27.3 Å². The first-order chi connectivity index (χ1) is 17.7. The predicted octanol–water partition coefficient (Wildman–Crippen LogP) is 5.06. The van der Waals surface area contributed by atoms with Crippen molar-refractivity contribution in [2.45, 2.75) is 39.0 Å². The molecule has 10 nitrogen and oxygen atoms in total. The van der Waals surface area contributed by atoms with Crippen molar-refractivity contribution in [2.75, 3.05) is 24.3 Å².